The van der Waals surface area contributed by atoms with Crippen LogP contribution in [0.1, 0.15) is 466 Å². The van der Waals surface area contributed by atoms with Crippen LogP contribution in [0.3, 0.4) is 0 Å². The van der Waals surface area contributed by atoms with Gasteiger partial charge in [0.25, 0.3) is 0 Å². The fraction of sp³-hybridized carbons (Fsp3) is 0.955. The third-order valence-corrected chi connectivity index (χ3v) is 22.7. The van der Waals surface area contributed by atoms with E-state index in [1.165, 1.54) is 263 Å². The number of aliphatic hydroxyl groups is 1. The lowest BCUT2D eigenvalue weighted by atomic mass is 10.0. The van der Waals surface area contributed by atoms with E-state index in [-0.39, 0.29) is 25.7 Å². The first-order valence-electron chi connectivity index (χ1n) is 45.7. The average Bonchev–Trinajstić information content (AvgIpc) is 0.900. The summed E-state index contributed by atoms with van der Waals surface area (Å²) in [5.41, 5.74) is 0. The van der Waals surface area contributed by atoms with Crippen molar-refractivity contribution in [2.75, 3.05) is 39.6 Å². The maximum absolute atomic E-state index is 13.2. The molecule has 108 heavy (non-hydrogen) atoms. The molecule has 0 spiro atoms. The van der Waals surface area contributed by atoms with Gasteiger partial charge in [0.15, 0.2) is 12.2 Å². The summed E-state index contributed by atoms with van der Waals surface area (Å²) in [5, 5.41) is 10.7. The van der Waals surface area contributed by atoms with Gasteiger partial charge in [0.1, 0.15) is 19.3 Å². The Labute approximate surface area is 664 Å². The van der Waals surface area contributed by atoms with Crippen molar-refractivity contribution in [2.24, 2.45) is 23.7 Å². The summed E-state index contributed by atoms with van der Waals surface area (Å²) in [6.45, 7) is 14.3. The van der Waals surface area contributed by atoms with E-state index in [9.17, 15) is 43.2 Å². The highest BCUT2D eigenvalue weighted by atomic mass is 31.2. The highest BCUT2D eigenvalue weighted by molar-refractivity contribution is 7.47. The molecular formula is C89H174O17P2. The van der Waals surface area contributed by atoms with Gasteiger partial charge in [-0.2, -0.15) is 0 Å². The van der Waals surface area contributed by atoms with Gasteiger partial charge in [0.05, 0.1) is 26.4 Å². The minimum atomic E-state index is -4.97. The lowest BCUT2D eigenvalue weighted by Crippen LogP contribution is -2.30. The molecule has 19 heteroatoms. The van der Waals surface area contributed by atoms with Crippen LogP contribution >= 0.6 is 15.6 Å². The Morgan fingerprint density at radius 2 is 0.389 bits per heavy atom. The predicted octanol–water partition coefficient (Wildman–Crippen LogP) is 27.1. The molecule has 0 saturated carbocycles. The summed E-state index contributed by atoms with van der Waals surface area (Å²) in [5.74, 6) is 1.01. The smallest absolute Gasteiger partial charge is 0.462 e. The van der Waals surface area contributed by atoms with Gasteiger partial charge < -0.3 is 33.8 Å². The van der Waals surface area contributed by atoms with Crippen LogP contribution in [0.5, 0.6) is 0 Å². The molecule has 0 aliphatic heterocycles. The predicted molar refractivity (Wildman–Crippen MR) is 446 cm³/mol. The third-order valence-electron chi connectivity index (χ3n) is 20.8. The molecule has 0 saturated heterocycles. The largest absolute Gasteiger partial charge is 0.472 e. The summed E-state index contributed by atoms with van der Waals surface area (Å²) >= 11 is 0. The van der Waals surface area contributed by atoms with Gasteiger partial charge >= 0.3 is 39.5 Å². The van der Waals surface area contributed by atoms with Crippen LogP contribution in [0.4, 0.5) is 0 Å². The normalized spacial score (nSPS) is 13.9. The van der Waals surface area contributed by atoms with E-state index in [4.69, 9.17) is 37.0 Å². The standard InChI is InChI=1S/C89H174O17P2/c1-79(2)65-57-49-41-35-29-23-17-13-9-11-15-19-26-32-38-44-53-61-69-86(91)99-75-84(105-88(93)71-63-55-45-39-33-27-20-16-12-10-14-18-24-30-36-42-50-58-66-80(3)4)77-103-107(95,96)101-73-83(90)74-102-108(97,98)104-78-85(76-100-87(92)70-62-54-48-47-52-60-68-82(7)8)106-89(94)72-64-56-46-40-34-28-22-21-25-31-37-43-51-59-67-81(5)6/h79-85,90H,9-78H2,1-8H3,(H,95,96)(H,97,98)/t83?,84-,85-/m1/s1. The van der Waals surface area contributed by atoms with E-state index in [0.29, 0.717) is 31.6 Å². The molecule has 0 rings (SSSR count). The van der Waals surface area contributed by atoms with Gasteiger partial charge in [-0.1, -0.05) is 415 Å². The Bertz CT molecular complexity index is 2090. The van der Waals surface area contributed by atoms with Crippen LogP contribution in [0.25, 0.3) is 0 Å². The number of carbonyl (C=O) groups is 4. The number of rotatable bonds is 86. The number of hydrogen-bond acceptors (Lipinski definition) is 15. The molecule has 0 heterocycles. The Hall–Kier alpha value is -1.94. The molecule has 17 nitrogen and oxygen atoms in total. The zero-order chi connectivity index (χ0) is 79.5. The van der Waals surface area contributed by atoms with Crippen LogP contribution in [0.2, 0.25) is 0 Å². The molecule has 0 fully saturated rings. The average molecular weight is 1580 g/mol. The van der Waals surface area contributed by atoms with Crippen molar-refractivity contribution in [2.45, 2.75) is 485 Å². The number of esters is 4. The monoisotopic (exact) mass is 1580 g/mol. The molecule has 0 aromatic rings. The van der Waals surface area contributed by atoms with Crippen LogP contribution in [-0.2, 0) is 65.4 Å². The molecule has 0 amide bonds. The van der Waals surface area contributed by atoms with E-state index in [0.717, 1.165) is 114 Å². The fourth-order valence-electron chi connectivity index (χ4n) is 13.8. The Balaban J connectivity index is 5.20. The number of ether oxygens (including phenoxy) is 4. The first-order chi connectivity index (χ1) is 52.1. The van der Waals surface area contributed by atoms with Crippen molar-refractivity contribution in [1.29, 1.82) is 0 Å². The molecular weight excluding hydrogens is 1400 g/mol. The van der Waals surface area contributed by atoms with Crippen LogP contribution < -0.4 is 0 Å². The van der Waals surface area contributed by atoms with E-state index >= 15 is 0 Å². The van der Waals surface area contributed by atoms with Crippen molar-refractivity contribution in [3.8, 4) is 0 Å². The third kappa shape index (κ3) is 82.1. The molecule has 0 aromatic carbocycles. The SMILES string of the molecule is CC(C)CCCCCCCCCCCCCCCCCCCCC(=O)OC[C@H](COP(=O)(O)OCC(O)COP(=O)(O)OC[C@@H](COC(=O)CCCCCCCCC(C)C)OC(=O)CCCCCCCCCCCCCCCCC(C)C)OC(=O)CCCCCCCCCCCCCCCCCCCCC(C)C. The Morgan fingerprint density at radius 1 is 0.231 bits per heavy atom. The molecule has 3 N–H and O–H groups in total. The number of aliphatic hydroxyl groups excluding tert-OH is 1. The van der Waals surface area contributed by atoms with Crippen molar-refractivity contribution in [3.05, 3.63) is 0 Å². The minimum absolute atomic E-state index is 0.106. The van der Waals surface area contributed by atoms with Gasteiger partial charge in [-0.15, -0.1) is 0 Å². The van der Waals surface area contributed by atoms with Crippen molar-refractivity contribution in [1.82, 2.24) is 0 Å². The molecule has 0 aromatic heterocycles. The summed E-state index contributed by atoms with van der Waals surface area (Å²) < 4.78 is 68.9. The maximum atomic E-state index is 13.2. The molecule has 0 aliphatic carbocycles. The van der Waals surface area contributed by atoms with E-state index < -0.39 is 97.5 Å². The van der Waals surface area contributed by atoms with Crippen LogP contribution in [0.15, 0.2) is 0 Å². The second kappa shape index (κ2) is 77.6. The van der Waals surface area contributed by atoms with Gasteiger partial charge in [0, 0.05) is 25.7 Å². The van der Waals surface area contributed by atoms with Crippen LogP contribution in [-0.4, -0.2) is 96.7 Å². The highest BCUT2D eigenvalue weighted by Gasteiger charge is 2.31. The van der Waals surface area contributed by atoms with Gasteiger partial charge in [-0.3, -0.25) is 37.3 Å². The Kier molecular flexibility index (Phi) is 76.2. The molecule has 3 unspecified atom stereocenters. The summed E-state index contributed by atoms with van der Waals surface area (Å²) in [7, 11) is -9.93. The fourth-order valence-corrected chi connectivity index (χ4v) is 15.4. The number of phosphoric ester groups is 2. The van der Waals surface area contributed by atoms with Crippen molar-refractivity contribution >= 4 is 39.5 Å². The first-order valence-corrected chi connectivity index (χ1v) is 48.7. The highest BCUT2D eigenvalue weighted by Crippen LogP contribution is 2.45. The van der Waals surface area contributed by atoms with Gasteiger partial charge in [-0.05, 0) is 49.4 Å². The van der Waals surface area contributed by atoms with E-state index in [1.807, 2.05) is 0 Å². The number of carbonyl (C=O) groups excluding carboxylic acids is 4. The second-order valence-electron chi connectivity index (χ2n) is 33.9. The Morgan fingerprint density at radius 3 is 0.574 bits per heavy atom. The van der Waals surface area contributed by atoms with E-state index in [2.05, 4.69) is 55.4 Å². The quantitative estimate of drug-likeness (QED) is 0.0222. The summed E-state index contributed by atoms with van der Waals surface area (Å²) in [6.07, 6.45) is 68.4. The zero-order valence-corrected chi connectivity index (χ0v) is 73.3. The summed E-state index contributed by atoms with van der Waals surface area (Å²) in [6, 6.07) is 0. The molecule has 0 bridgehead atoms. The first kappa shape index (κ1) is 106. The topological polar surface area (TPSA) is 237 Å². The van der Waals surface area contributed by atoms with Gasteiger partial charge in [-0.25, -0.2) is 9.13 Å². The zero-order valence-electron chi connectivity index (χ0n) is 71.5. The molecule has 0 radical (unpaired) electrons. The molecule has 5 atom stereocenters. The second-order valence-corrected chi connectivity index (χ2v) is 36.8. The number of phosphoric acid groups is 2. The van der Waals surface area contributed by atoms with Crippen molar-refractivity contribution in [3.63, 3.8) is 0 Å². The van der Waals surface area contributed by atoms with Crippen LogP contribution in [0, 0.1) is 23.7 Å². The lowest BCUT2D eigenvalue weighted by molar-refractivity contribution is -0.161. The van der Waals surface area contributed by atoms with Crippen molar-refractivity contribution < 1.29 is 80.2 Å². The maximum Gasteiger partial charge on any atom is 0.472 e. The number of hydrogen-bond donors (Lipinski definition) is 3. The van der Waals surface area contributed by atoms with Gasteiger partial charge in [0.2, 0.25) is 0 Å². The minimum Gasteiger partial charge on any atom is -0.462 e. The van der Waals surface area contributed by atoms with E-state index in [1.54, 1.807) is 0 Å². The molecule has 0 aliphatic rings. The molecule has 642 valence electrons. The number of unbranched alkanes of at least 4 members (excludes halogenated alkanes) is 52. The lowest BCUT2D eigenvalue weighted by Gasteiger charge is -2.21. The summed E-state index contributed by atoms with van der Waals surface area (Å²) in [4.78, 5) is 73.3.